The van der Waals surface area contributed by atoms with Gasteiger partial charge < -0.3 is 10.4 Å². The van der Waals surface area contributed by atoms with Crippen LogP contribution in [0.5, 0.6) is 0 Å². The Hall–Kier alpha value is -0.930. The van der Waals surface area contributed by atoms with Crippen LogP contribution in [0.15, 0.2) is 18.3 Å². The first-order valence-electron chi connectivity index (χ1n) is 4.92. The lowest BCUT2D eigenvalue weighted by atomic mass is 10.2. The molecule has 78 valence electrons. The van der Waals surface area contributed by atoms with Crippen LogP contribution in [0.1, 0.15) is 25.1 Å². The molecule has 0 fully saturated rings. The fourth-order valence-corrected chi connectivity index (χ4v) is 1.05. The van der Waals surface area contributed by atoms with Crippen molar-refractivity contribution in [2.75, 3.05) is 0 Å². The van der Waals surface area contributed by atoms with E-state index in [0.29, 0.717) is 0 Å². The van der Waals surface area contributed by atoms with Gasteiger partial charge in [0.25, 0.3) is 0 Å². The first kappa shape index (κ1) is 11.1. The van der Waals surface area contributed by atoms with Crippen molar-refractivity contribution < 1.29 is 5.11 Å². The molecule has 1 aromatic rings. The lowest BCUT2D eigenvalue weighted by Crippen LogP contribution is -2.34. The molecule has 1 rings (SSSR count). The summed E-state index contributed by atoms with van der Waals surface area (Å²) in [7, 11) is 0. The molecule has 14 heavy (non-hydrogen) atoms. The van der Waals surface area contributed by atoms with E-state index in [1.54, 1.807) is 6.92 Å². The fourth-order valence-electron chi connectivity index (χ4n) is 1.05. The molecule has 2 N–H and O–H groups in total. The number of pyridine rings is 1. The molecule has 0 aliphatic heterocycles. The third kappa shape index (κ3) is 3.44. The average molecular weight is 194 g/mol. The summed E-state index contributed by atoms with van der Waals surface area (Å²) in [5, 5.41) is 12.5. The van der Waals surface area contributed by atoms with Gasteiger partial charge in [0.1, 0.15) is 0 Å². The van der Waals surface area contributed by atoms with Crippen LogP contribution >= 0.6 is 0 Å². The van der Waals surface area contributed by atoms with Crippen LogP contribution in [0.25, 0.3) is 0 Å². The highest BCUT2D eigenvalue weighted by Gasteiger charge is 2.06. The van der Waals surface area contributed by atoms with E-state index in [2.05, 4.69) is 10.3 Å². The molecule has 0 aliphatic rings. The van der Waals surface area contributed by atoms with Gasteiger partial charge in [-0.2, -0.15) is 0 Å². The van der Waals surface area contributed by atoms with Crippen molar-refractivity contribution in [2.24, 2.45) is 0 Å². The zero-order valence-corrected chi connectivity index (χ0v) is 8.99. The van der Waals surface area contributed by atoms with Crippen molar-refractivity contribution in [3.8, 4) is 0 Å². The second kappa shape index (κ2) is 5.08. The third-order valence-electron chi connectivity index (χ3n) is 2.32. The average Bonchev–Trinajstić information content (AvgIpc) is 2.16. The molecule has 0 aliphatic carbocycles. The van der Waals surface area contributed by atoms with Crippen molar-refractivity contribution in [2.45, 2.75) is 39.5 Å². The number of aliphatic hydroxyl groups is 1. The van der Waals surface area contributed by atoms with E-state index >= 15 is 0 Å². The molecule has 0 saturated carbocycles. The van der Waals surface area contributed by atoms with Crippen molar-refractivity contribution in [3.05, 3.63) is 29.6 Å². The zero-order valence-electron chi connectivity index (χ0n) is 8.99. The summed E-state index contributed by atoms with van der Waals surface area (Å²) in [6.07, 6.45) is 1.53. The maximum absolute atomic E-state index is 9.26. The lowest BCUT2D eigenvalue weighted by molar-refractivity contribution is 0.152. The number of rotatable bonds is 4. The van der Waals surface area contributed by atoms with Crippen LogP contribution in [-0.2, 0) is 6.54 Å². The topological polar surface area (TPSA) is 45.1 Å². The molecule has 1 aromatic heterocycles. The SMILES string of the molecule is Cc1ccc(CNC(C)C(C)O)cn1. The van der Waals surface area contributed by atoms with Gasteiger partial charge in [-0.15, -0.1) is 0 Å². The Kier molecular flexibility index (Phi) is 4.04. The minimum Gasteiger partial charge on any atom is -0.392 e. The fraction of sp³-hybridized carbons (Fsp3) is 0.545. The number of aryl methyl sites for hydroxylation is 1. The van der Waals surface area contributed by atoms with Gasteiger partial charge in [-0.1, -0.05) is 6.07 Å². The second-order valence-corrected chi connectivity index (χ2v) is 3.72. The van der Waals surface area contributed by atoms with Crippen LogP contribution in [-0.4, -0.2) is 22.2 Å². The van der Waals surface area contributed by atoms with Gasteiger partial charge in [0.05, 0.1) is 6.10 Å². The van der Waals surface area contributed by atoms with Gasteiger partial charge in [-0.3, -0.25) is 4.98 Å². The van der Waals surface area contributed by atoms with E-state index in [1.165, 1.54) is 0 Å². The van der Waals surface area contributed by atoms with E-state index in [-0.39, 0.29) is 12.1 Å². The van der Waals surface area contributed by atoms with Gasteiger partial charge in [-0.05, 0) is 32.4 Å². The molecule has 2 unspecified atom stereocenters. The van der Waals surface area contributed by atoms with Crippen molar-refractivity contribution in [3.63, 3.8) is 0 Å². The number of hydrogen-bond donors (Lipinski definition) is 2. The van der Waals surface area contributed by atoms with Gasteiger partial charge in [-0.25, -0.2) is 0 Å². The molecule has 0 aromatic carbocycles. The summed E-state index contributed by atoms with van der Waals surface area (Å²) in [4.78, 5) is 4.20. The highest BCUT2D eigenvalue weighted by molar-refractivity contribution is 5.12. The molecule has 0 spiro atoms. The Morgan fingerprint density at radius 2 is 2.14 bits per heavy atom. The lowest BCUT2D eigenvalue weighted by Gasteiger charge is -2.16. The monoisotopic (exact) mass is 194 g/mol. The summed E-state index contributed by atoms with van der Waals surface area (Å²) in [5.74, 6) is 0. The Morgan fingerprint density at radius 3 is 2.64 bits per heavy atom. The van der Waals surface area contributed by atoms with Crippen molar-refractivity contribution in [1.29, 1.82) is 0 Å². The molecule has 0 radical (unpaired) electrons. The van der Waals surface area contributed by atoms with Gasteiger partial charge in [0.15, 0.2) is 0 Å². The number of nitrogens with zero attached hydrogens (tertiary/aromatic N) is 1. The Labute approximate surface area is 85.2 Å². The Bertz CT molecular complexity index is 269. The number of aliphatic hydroxyl groups excluding tert-OH is 1. The minimum atomic E-state index is -0.326. The number of nitrogens with one attached hydrogen (secondary N) is 1. The molecule has 0 bridgehead atoms. The maximum atomic E-state index is 9.26. The summed E-state index contributed by atoms with van der Waals surface area (Å²) in [6.45, 7) is 6.46. The molecule has 2 atom stereocenters. The standard InChI is InChI=1S/C11H18N2O/c1-8-4-5-11(6-12-8)7-13-9(2)10(3)14/h4-6,9-10,13-14H,7H2,1-3H3. The van der Waals surface area contributed by atoms with E-state index in [4.69, 9.17) is 0 Å². The normalized spacial score (nSPS) is 15.1. The molecule has 3 nitrogen and oxygen atoms in total. The molecule has 3 heteroatoms. The predicted molar refractivity (Wildman–Crippen MR) is 57.0 cm³/mol. The summed E-state index contributed by atoms with van der Waals surface area (Å²) < 4.78 is 0. The number of aromatic nitrogens is 1. The van der Waals surface area contributed by atoms with Gasteiger partial charge in [0, 0.05) is 24.5 Å². The highest BCUT2D eigenvalue weighted by Crippen LogP contribution is 2.00. The van der Waals surface area contributed by atoms with E-state index < -0.39 is 0 Å². The molecule has 0 amide bonds. The van der Waals surface area contributed by atoms with Crippen LogP contribution in [0.4, 0.5) is 0 Å². The van der Waals surface area contributed by atoms with E-state index in [1.807, 2.05) is 32.2 Å². The quantitative estimate of drug-likeness (QED) is 0.758. The first-order valence-corrected chi connectivity index (χ1v) is 4.92. The largest absolute Gasteiger partial charge is 0.392 e. The van der Waals surface area contributed by atoms with Crippen LogP contribution < -0.4 is 5.32 Å². The Balaban J connectivity index is 2.42. The molecule has 1 heterocycles. The summed E-state index contributed by atoms with van der Waals surface area (Å²) >= 11 is 0. The summed E-state index contributed by atoms with van der Waals surface area (Å²) in [6, 6.07) is 4.14. The van der Waals surface area contributed by atoms with Gasteiger partial charge in [0.2, 0.25) is 0 Å². The predicted octanol–water partition coefficient (Wildman–Crippen LogP) is 1.25. The molecular formula is C11H18N2O. The molecule has 0 saturated heterocycles. The summed E-state index contributed by atoms with van der Waals surface area (Å²) in [5.41, 5.74) is 2.17. The number of hydrogen-bond acceptors (Lipinski definition) is 3. The van der Waals surface area contributed by atoms with Crippen LogP contribution in [0, 0.1) is 6.92 Å². The smallest absolute Gasteiger partial charge is 0.0662 e. The highest BCUT2D eigenvalue weighted by atomic mass is 16.3. The van der Waals surface area contributed by atoms with E-state index in [0.717, 1.165) is 17.8 Å². The minimum absolute atomic E-state index is 0.108. The molecular weight excluding hydrogens is 176 g/mol. The van der Waals surface area contributed by atoms with Crippen LogP contribution in [0.3, 0.4) is 0 Å². The second-order valence-electron chi connectivity index (χ2n) is 3.72. The maximum Gasteiger partial charge on any atom is 0.0662 e. The Morgan fingerprint density at radius 1 is 1.43 bits per heavy atom. The third-order valence-corrected chi connectivity index (χ3v) is 2.32. The zero-order chi connectivity index (χ0) is 10.6. The van der Waals surface area contributed by atoms with Crippen molar-refractivity contribution >= 4 is 0 Å². The first-order chi connectivity index (χ1) is 6.59. The van der Waals surface area contributed by atoms with E-state index in [9.17, 15) is 5.11 Å². The van der Waals surface area contributed by atoms with Gasteiger partial charge >= 0.3 is 0 Å². The van der Waals surface area contributed by atoms with Crippen LogP contribution in [0.2, 0.25) is 0 Å². The van der Waals surface area contributed by atoms with Crippen molar-refractivity contribution in [1.82, 2.24) is 10.3 Å².